The van der Waals surface area contributed by atoms with E-state index in [2.05, 4.69) is 15.4 Å². The predicted molar refractivity (Wildman–Crippen MR) is 64.3 cm³/mol. The van der Waals surface area contributed by atoms with E-state index in [0.29, 0.717) is 6.54 Å². The minimum atomic E-state index is -0.778. The molecule has 2 N–H and O–H groups in total. The number of nitrogens with one attached hydrogen (secondary N) is 1. The number of nitrogens with zero attached hydrogens (tertiary/aromatic N) is 3. The number of hydrogen-bond acceptors (Lipinski definition) is 4. The summed E-state index contributed by atoms with van der Waals surface area (Å²) in [6.07, 6.45) is 4.20. The fourth-order valence-corrected chi connectivity index (χ4v) is 2.54. The quantitative estimate of drug-likeness (QED) is 0.807. The Hall–Kier alpha value is -1.95. The molecule has 2 aromatic heterocycles. The van der Waals surface area contributed by atoms with Crippen LogP contribution in [0, 0.1) is 5.92 Å². The zero-order valence-electron chi connectivity index (χ0n) is 9.78. The van der Waals surface area contributed by atoms with Crippen molar-refractivity contribution in [2.75, 3.05) is 13.1 Å². The van der Waals surface area contributed by atoms with Gasteiger partial charge in [-0.25, -0.2) is 9.50 Å². The first-order valence-electron chi connectivity index (χ1n) is 5.99. The molecule has 0 aliphatic carbocycles. The van der Waals surface area contributed by atoms with Crippen LogP contribution in [0.5, 0.6) is 0 Å². The molecule has 94 valence electrons. The summed E-state index contributed by atoms with van der Waals surface area (Å²) in [7, 11) is 0. The molecule has 1 aliphatic heterocycles. The molecule has 6 heteroatoms. The number of fused-ring (bicyclic) bond motifs is 1. The highest BCUT2D eigenvalue weighted by atomic mass is 16.4. The van der Waals surface area contributed by atoms with Gasteiger partial charge in [-0.3, -0.25) is 4.79 Å². The molecule has 2 atom stereocenters. The van der Waals surface area contributed by atoms with E-state index in [1.807, 2.05) is 12.1 Å². The van der Waals surface area contributed by atoms with Gasteiger partial charge in [-0.05, 0) is 25.1 Å². The van der Waals surface area contributed by atoms with E-state index >= 15 is 0 Å². The second-order valence-corrected chi connectivity index (χ2v) is 4.52. The minimum absolute atomic E-state index is 0.0823. The molecule has 6 nitrogen and oxygen atoms in total. The van der Waals surface area contributed by atoms with Crippen molar-refractivity contribution in [2.24, 2.45) is 5.92 Å². The average molecular weight is 246 g/mol. The normalized spacial score (nSPS) is 24.2. The summed E-state index contributed by atoms with van der Waals surface area (Å²) in [5.74, 6) is -0.549. The van der Waals surface area contributed by atoms with E-state index < -0.39 is 11.9 Å². The third-order valence-electron chi connectivity index (χ3n) is 3.46. The SMILES string of the molecule is O=C(O)C1CNCCC1c1ncc2cccnn12. The molecule has 0 aromatic carbocycles. The molecule has 18 heavy (non-hydrogen) atoms. The number of imidazole rings is 1. The predicted octanol–water partition coefficient (Wildman–Crippen LogP) is 0.507. The largest absolute Gasteiger partial charge is 0.481 e. The number of rotatable bonds is 2. The molecule has 1 aliphatic rings. The van der Waals surface area contributed by atoms with Crippen LogP contribution in [0.4, 0.5) is 0 Å². The smallest absolute Gasteiger partial charge is 0.308 e. The lowest BCUT2D eigenvalue weighted by atomic mass is 9.86. The Morgan fingerprint density at radius 1 is 1.56 bits per heavy atom. The molecule has 2 aromatic rings. The summed E-state index contributed by atoms with van der Waals surface area (Å²) in [6.45, 7) is 1.30. The fourth-order valence-electron chi connectivity index (χ4n) is 2.54. The molecule has 3 heterocycles. The van der Waals surface area contributed by atoms with Crippen molar-refractivity contribution in [1.82, 2.24) is 19.9 Å². The lowest BCUT2D eigenvalue weighted by molar-refractivity contribution is -0.143. The van der Waals surface area contributed by atoms with Crippen molar-refractivity contribution in [1.29, 1.82) is 0 Å². The second kappa shape index (κ2) is 4.38. The number of aliphatic carboxylic acids is 1. The maximum absolute atomic E-state index is 11.3. The third kappa shape index (κ3) is 1.74. The molecule has 0 bridgehead atoms. The molecule has 1 fully saturated rings. The first-order valence-corrected chi connectivity index (χ1v) is 5.99. The van der Waals surface area contributed by atoms with Gasteiger partial charge in [0.1, 0.15) is 5.82 Å². The van der Waals surface area contributed by atoms with Crippen LogP contribution >= 0.6 is 0 Å². The van der Waals surface area contributed by atoms with Crippen molar-refractivity contribution < 1.29 is 9.90 Å². The number of carboxylic acids is 1. The Kier molecular flexibility index (Phi) is 2.71. The first-order chi connectivity index (χ1) is 8.77. The summed E-state index contributed by atoms with van der Waals surface area (Å²) in [6, 6.07) is 3.76. The van der Waals surface area contributed by atoms with E-state index in [0.717, 1.165) is 24.3 Å². The summed E-state index contributed by atoms with van der Waals surface area (Å²) >= 11 is 0. The summed E-state index contributed by atoms with van der Waals surface area (Å²) in [4.78, 5) is 15.7. The number of carbonyl (C=O) groups is 1. The van der Waals surface area contributed by atoms with E-state index in [1.54, 1.807) is 16.9 Å². The van der Waals surface area contributed by atoms with Gasteiger partial charge in [0.25, 0.3) is 0 Å². The topological polar surface area (TPSA) is 79.5 Å². The van der Waals surface area contributed by atoms with Gasteiger partial charge in [-0.2, -0.15) is 5.10 Å². The molecule has 0 radical (unpaired) electrons. The van der Waals surface area contributed by atoms with Crippen molar-refractivity contribution in [3.8, 4) is 0 Å². The average Bonchev–Trinajstić information content (AvgIpc) is 2.82. The van der Waals surface area contributed by atoms with Crippen LogP contribution in [0.15, 0.2) is 24.5 Å². The van der Waals surface area contributed by atoms with Crippen molar-refractivity contribution in [3.05, 3.63) is 30.4 Å². The van der Waals surface area contributed by atoms with Gasteiger partial charge in [-0.15, -0.1) is 0 Å². The van der Waals surface area contributed by atoms with Gasteiger partial charge in [0.15, 0.2) is 0 Å². The zero-order chi connectivity index (χ0) is 12.5. The highest BCUT2D eigenvalue weighted by molar-refractivity contribution is 5.71. The van der Waals surface area contributed by atoms with E-state index in [9.17, 15) is 9.90 Å². The molecule has 3 rings (SSSR count). The lowest BCUT2D eigenvalue weighted by Gasteiger charge is -2.27. The number of hydrogen-bond donors (Lipinski definition) is 2. The Balaban J connectivity index is 2.04. The van der Waals surface area contributed by atoms with E-state index in [-0.39, 0.29) is 5.92 Å². The molecule has 1 saturated heterocycles. The molecule has 0 saturated carbocycles. The standard InChI is InChI=1S/C12H14N4O2/c17-12(18)10-7-13-5-3-9(10)11-14-6-8-2-1-4-15-16(8)11/h1-2,4,6,9-10,13H,3,5,7H2,(H,17,18). The zero-order valence-corrected chi connectivity index (χ0v) is 9.78. The Morgan fingerprint density at radius 3 is 3.28 bits per heavy atom. The molecule has 0 amide bonds. The van der Waals surface area contributed by atoms with E-state index in [1.165, 1.54) is 0 Å². The summed E-state index contributed by atoms with van der Waals surface area (Å²) < 4.78 is 1.74. The highest BCUT2D eigenvalue weighted by Crippen LogP contribution is 2.29. The number of carboxylic acid groups (broad SMARTS) is 1. The molecular formula is C12H14N4O2. The van der Waals surface area contributed by atoms with Crippen LogP contribution < -0.4 is 5.32 Å². The Labute approximate surface area is 104 Å². The van der Waals surface area contributed by atoms with Crippen molar-refractivity contribution in [3.63, 3.8) is 0 Å². The third-order valence-corrected chi connectivity index (χ3v) is 3.46. The van der Waals surface area contributed by atoms with Gasteiger partial charge in [0, 0.05) is 18.7 Å². The second-order valence-electron chi connectivity index (χ2n) is 4.52. The van der Waals surface area contributed by atoms with Gasteiger partial charge < -0.3 is 10.4 Å². The Morgan fingerprint density at radius 2 is 2.44 bits per heavy atom. The van der Waals surface area contributed by atoms with Crippen LogP contribution in [0.3, 0.4) is 0 Å². The van der Waals surface area contributed by atoms with Crippen LogP contribution in [0.1, 0.15) is 18.2 Å². The summed E-state index contributed by atoms with van der Waals surface area (Å²) in [5, 5.41) is 16.7. The Bertz CT molecular complexity index is 580. The van der Waals surface area contributed by atoms with E-state index in [4.69, 9.17) is 0 Å². The number of piperidine rings is 1. The molecular weight excluding hydrogens is 232 g/mol. The maximum Gasteiger partial charge on any atom is 0.308 e. The molecule has 2 unspecified atom stereocenters. The lowest BCUT2D eigenvalue weighted by Crippen LogP contribution is -2.40. The fraction of sp³-hybridized carbons (Fsp3) is 0.417. The van der Waals surface area contributed by atoms with Crippen LogP contribution in [-0.2, 0) is 4.79 Å². The minimum Gasteiger partial charge on any atom is -0.481 e. The van der Waals surface area contributed by atoms with Gasteiger partial charge in [0.2, 0.25) is 0 Å². The van der Waals surface area contributed by atoms with Gasteiger partial charge >= 0.3 is 5.97 Å². The van der Waals surface area contributed by atoms with Crippen LogP contribution in [-0.4, -0.2) is 38.8 Å². The number of aromatic nitrogens is 3. The highest BCUT2D eigenvalue weighted by Gasteiger charge is 2.34. The van der Waals surface area contributed by atoms with Crippen molar-refractivity contribution >= 4 is 11.5 Å². The van der Waals surface area contributed by atoms with Gasteiger partial charge in [0.05, 0.1) is 17.6 Å². The van der Waals surface area contributed by atoms with Crippen LogP contribution in [0.2, 0.25) is 0 Å². The van der Waals surface area contributed by atoms with Gasteiger partial charge in [-0.1, -0.05) is 0 Å². The van der Waals surface area contributed by atoms with Crippen LogP contribution in [0.25, 0.3) is 5.52 Å². The first kappa shape index (κ1) is 11.2. The summed E-state index contributed by atoms with van der Waals surface area (Å²) in [5.41, 5.74) is 0.898. The maximum atomic E-state index is 11.3. The van der Waals surface area contributed by atoms with Crippen molar-refractivity contribution in [2.45, 2.75) is 12.3 Å². The monoisotopic (exact) mass is 246 g/mol. The molecule has 0 spiro atoms.